The van der Waals surface area contributed by atoms with E-state index in [4.69, 9.17) is 4.74 Å². The molecule has 0 aromatic heterocycles. The average Bonchev–Trinajstić information content (AvgIpc) is 2.83. The highest BCUT2D eigenvalue weighted by Crippen LogP contribution is 2.13. The Kier molecular flexibility index (Phi) is 8.17. The molecule has 3 N–H and O–H groups in total. The molecule has 0 spiro atoms. The summed E-state index contributed by atoms with van der Waals surface area (Å²) in [6, 6.07) is 21.7. The zero-order chi connectivity index (χ0) is 23.7. The van der Waals surface area contributed by atoms with Gasteiger partial charge in [-0.25, -0.2) is 13.1 Å². The zero-order valence-electron chi connectivity index (χ0n) is 18.1. The number of hydrogen-bond donors (Lipinski definition) is 3. The molecule has 0 aliphatic rings. The van der Waals surface area contributed by atoms with E-state index in [2.05, 4.69) is 15.6 Å². The minimum Gasteiger partial charge on any atom is -0.494 e. The number of rotatable bonds is 9. The molecule has 3 rings (SSSR count). The molecule has 0 fully saturated rings. The van der Waals surface area contributed by atoms with Crippen molar-refractivity contribution >= 4 is 21.8 Å². The maximum absolute atomic E-state index is 12.6. The lowest BCUT2D eigenvalue weighted by Crippen LogP contribution is -2.42. The minimum absolute atomic E-state index is 0.0493. The molecule has 33 heavy (non-hydrogen) atoms. The second-order valence-electron chi connectivity index (χ2n) is 7.09. The first kappa shape index (κ1) is 24.0. The van der Waals surface area contributed by atoms with E-state index >= 15 is 0 Å². The van der Waals surface area contributed by atoms with Crippen molar-refractivity contribution in [2.75, 3.05) is 6.61 Å². The summed E-state index contributed by atoms with van der Waals surface area (Å²) in [7, 11) is -3.82. The number of sulfonamides is 1. The molecule has 0 aliphatic carbocycles. The predicted molar refractivity (Wildman–Crippen MR) is 124 cm³/mol. The zero-order valence-corrected chi connectivity index (χ0v) is 18.9. The fourth-order valence-corrected chi connectivity index (χ4v) is 4.02. The second kappa shape index (κ2) is 11.3. The van der Waals surface area contributed by atoms with E-state index in [1.807, 2.05) is 37.3 Å². The normalized spacial score (nSPS) is 10.9. The summed E-state index contributed by atoms with van der Waals surface area (Å²) in [6.07, 6.45) is 0.0600. The SMILES string of the molecule is CCOc1ccc(CC(=O)NNC(=O)c2cccc(S(=O)(=O)NCc3ccccc3)c2)cc1. The van der Waals surface area contributed by atoms with Crippen LogP contribution in [0.5, 0.6) is 5.75 Å². The largest absolute Gasteiger partial charge is 0.494 e. The second-order valence-corrected chi connectivity index (χ2v) is 8.86. The number of amides is 2. The Balaban J connectivity index is 1.55. The molecule has 0 saturated carbocycles. The van der Waals surface area contributed by atoms with E-state index in [1.54, 1.807) is 24.3 Å². The first-order valence-corrected chi connectivity index (χ1v) is 11.8. The van der Waals surface area contributed by atoms with Gasteiger partial charge in [-0.15, -0.1) is 0 Å². The molecule has 9 heteroatoms. The van der Waals surface area contributed by atoms with Crippen molar-refractivity contribution in [2.45, 2.75) is 24.8 Å². The molecule has 0 unspecified atom stereocenters. The fourth-order valence-electron chi connectivity index (χ4n) is 2.96. The van der Waals surface area contributed by atoms with Crippen LogP contribution < -0.4 is 20.3 Å². The van der Waals surface area contributed by atoms with Gasteiger partial charge in [0.25, 0.3) is 5.91 Å². The average molecular weight is 468 g/mol. The maximum atomic E-state index is 12.6. The van der Waals surface area contributed by atoms with E-state index in [0.717, 1.165) is 11.1 Å². The maximum Gasteiger partial charge on any atom is 0.269 e. The number of benzene rings is 3. The summed E-state index contributed by atoms with van der Waals surface area (Å²) in [5.74, 6) is -0.334. The fraction of sp³-hybridized carbons (Fsp3) is 0.167. The van der Waals surface area contributed by atoms with Gasteiger partial charge in [-0.3, -0.25) is 20.4 Å². The Hall–Kier alpha value is -3.69. The summed E-state index contributed by atoms with van der Waals surface area (Å²) in [4.78, 5) is 24.5. The molecule has 0 bridgehead atoms. The van der Waals surface area contributed by atoms with E-state index in [1.165, 1.54) is 24.3 Å². The summed E-state index contributed by atoms with van der Waals surface area (Å²) in [5.41, 5.74) is 6.31. The van der Waals surface area contributed by atoms with Gasteiger partial charge >= 0.3 is 0 Å². The van der Waals surface area contributed by atoms with Crippen molar-refractivity contribution in [2.24, 2.45) is 0 Å². The molecule has 0 saturated heterocycles. The van der Waals surface area contributed by atoms with Crippen LogP contribution in [0.3, 0.4) is 0 Å². The summed E-state index contributed by atoms with van der Waals surface area (Å²) < 4.78 is 33.1. The molecular weight excluding hydrogens is 442 g/mol. The van der Waals surface area contributed by atoms with Gasteiger partial charge in [0.2, 0.25) is 15.9 Å². The highest BCUT2D eigenvalue weighted by atomic mass is 32.2. The van der Waals surface area contributed by atoms with Crippen LogP contribution in [0.4, 0.5) is 0 Å². The summed E-state index contributed by atoms with van der Waals surface area (Å²) >= 11 is 0. The van der Waals surface area contributed by atoms with Gasteiger partial charge in [0.1, 0.15) is 5.75 Å². The predicted octanol–water partition coefficient (Wildman–Crippen LogP) is 2.57. The van der Waals surface area contributed by atoms with E-state index in [-0.39, 0.29) is 23.4 Å². The van der Waals surface area contributed by atoms with Gasteiger partial charge in [0.15, 0.2) is 0 Å². The van der Waals surface area contributed by atoms with Gasteiger partial charge in [-0.1, -0.05) is 48.5 Å². The van der Waals surface area contributed by atoms with Crippen molar-refractivity contribution in [3.63, 3.8) is 0 Å². The van der Waals surface area contributed by atoms with Crippen LogP contribution in [-0.4, -0.2) is 26.8 Å². The third-order valence-electron chi connectivity index (χ3n) is 4.63. The molecular formula is C24H25N3O5S. The van der Waals surface area contributed by atoms with Crippen molar-refractivity contribution in [1.82, 2.24) is 15.6 Å². The molecule has 3 aromatic carbocycles. The van der Waals surface area contributed by atoms with Crippen LogP contribution in [0.15, 0.2) is 83.8 Å². The number of carbonyl (C=O) groups is 2. The van der Waals surface area contributed by atoms with Gasteiger partial charge in [-0.05, 0) is 48.4 Å². The lowest BCUT2D eigenvalue weighted by atomic mass is 10.1. The number of hydrazine groups is 1. The third kappa shape index (κ3) is 7.16. The van der Waals surface area contributed by atoms with Gasteiger partial charge in [0, 0.05) is 12.1 Å². The lowest BCUT2D eigenvalue weighted by molar-refractivity contribution is -0.121. The van der Waals surface area contributed by atoms with Crippen LogP contribution in [0.2, 0.25) is 0 Å². The third-order valence-corrected chi connectivity index (χ3v) is 6.03. The van der Waals surface area contributed by atoms with Crippen molar-refractivity contribution in [3.8, 4) is 5.75 Å². The Labute approximate surface area is 193 Å². The molecule has 8 nitrogen and oxygen atoms in total. The van der Waals surface area contributed by atoms with Crippen LogP contribution >= 0.6 is 0 Å². The Morgan fingerprint density at radius 1 is 0.848 bits per heavy atom. The Morgan fingerprint density at radius 2 is 1.58 bits per heavy atom. The van der Waals surface area contributed by atoms with E-state index < -0.39 is 21.8 Å². The van der Waals surface area contributed by atoms with E-state index in [0.29, 0.717) is 12.4 Å². The van der Waals surface area contributed by atoms with Gasteiger partial charge < -0.3 is 4.74 Å². The van der Waals surface area contributed by atoms with Crippen molar-refractivity contribution in [1.29, 1.82) is 0 Å². The quantitative estimate of drug-likeness (QED) is 0.419. The van der Waals surface area contributed by atoms with Crippen LogP contribution in [0, 0.1) is 0 Å². The van der Waals surface area contributed by atoms with Crippen molar-refractivity contribution in [3.05, 3.63) is 95.6 Å². The Bertz CT molecular complexity index is 1200. The standard InChI is InChI=1S/C24H25N3O5S/c1-2-32-21-13-11-18(12-14-21)15-23(28)26-27-24(29)20-9-6-10-22(16-20)33(30,31)25-17-19-7-4-3-5-8-19/h3-14,16,25H,2,15,17H2,1H3,(H,26,28)(H,27,29). The number of ether oxygens (including phenoxy) is 1. The first-order valence-electron chi connectivity index (χ1n) is 10.3. The van der Waals surface area contributed by atoms with Gasteiger partial charge in [0.05, 0.1) is 17.9 Å². The van der Waals surface area contributed by atoms with Crippen LogP contribution in [0.25, 0.3) is 0 Å². The number of carbonyl (C=O) groups excluding carboxylic acids is 2. The molecule has 0 heterocycles. The summed E-state index contributed by atoms with van der Waals surface area (Å²) in [6.45, 7) is 2.56. The topological polar surface area (TPSA) is 114 Å². The minimum atomic E-state index is -3.82. The molecule has 2 amide bonds. The molecule has 3 aromatic rings. The van der Waals surface area contributed by atoms with Gasteiger partial charge in [-0.2, -0.15) is 0 Å². The van der Waals surface area contributed by atoms with E-state index in [9.17, 15) is 18.0 Å². The smallest absolute Gasteiger partial charge is 0.269 e. The first-order chi connectivity index (χ1) is 15.9. The molecule has 0 atom stereocenters. The summed E-state index contributed by atoms with van der Waals surface area (Å²) in [5, 5.41) is 0. The monoisotopic (exact) mass is 467 g/mol. The van der Waals surface area contributed by atoms with Crippen LogP contribution in [0.1, 0.15) is 28.4 Å². The highest BCUT2D eigenvalue weighted by Gasteiger charge is 2.16. The highest BCUT2D eigenvalue weighted by molar-refractivity contribution is 7.89. The van der Waals surface area contributed by atoms with Crippen molar-refractivity contribution < 1.29 is 22.7 Å². The van der Waals surface area contributed by atoms with Crippen LogP contribution in [-0.2, 0) is 27.8 Å². The molecule has 172 valence electrons. The number of nitrogens with one attached hydrogen (secondary N) is 3. The lowest BCUT2D eigenvalue weighted by Gasteiger charge is -2.10. The molecule has 0 aliphatic heterocycles. The molecule has 0 radical (unpaired) electrons. The Morgan fingerprint density at radius 3 is 2.27 bits per heavy atom. The number of hydrogen-bond acceptors (Lipinski definition) is 5.